The lowest BCUT2D eigenvalue weighted by molar-refractivity contribution is -0.294. The van der Waals surface area contributed by atoms with Crippen molar-refractivity contribution in [1.82, 2.24) is 4.90 Å². The molecule has 13 heteroatoms. The second-order valence-electron chi connectivity index (χ2n) is 18.0. The highest BCUT2D eigenvalue weighted by atomic mass is 28.4. The SMILES string of the molecule is CC[C@H]1OC(=O)[C@H](C)C(=O)[C@H](C)[C@@H](OC2O[C@H](C)C[C@H](N(C)C)[C@H]2OC(=O)c2ccccc2)[C@@](C)(OC)C[C@@H](C)C(=O)/C(C)=C/[C@@]1(O)CO[Si](C)(C)C(C)(C)C. The summed E-state index contributed by atoms with van der Waals surface area (Å²) >= 11 is 0. The number of rotatable bonds is 10. The lowest BCUT2D eigenvalue weighted by Gasteiger charge is -2.47. The number of Topliss-reactive ketones (excluding diaryl/α,β-unsaturated/α-hetero) is 2. The van der Waals surface area contributed by atoms with Crippen LogP contribution in [0.3, 0.4) is 0 Å². The van der Waals surface area contributed by atoms with Crippen LogP contribution in [0.5, 0.6) is 0 Å². The van der Waals surface area contributed by atoms with E-state index in [1.807, 2.05) is 25.9 Å². The number of carbonyl (C=O) groups excluding carboxylic acids is 4. The van der Waals surface area contributed by atoms with Crippen molar-refractivity contribution in [3.05, 3.63) is 47.5 Å². The average Bonchev–Trinajstić information content (AvgIpc) is 3.13. The van der Waals surface area contributed by atoms with E-state index < -0.39 is 79.6 Å². The van der Waals surface area contributed by atoms with E-state index in [4.69, 9.17) is 28.1 Å². The van der Waals surface area contributed by atoms with Crippen LogP contribution in [-0.2, 0) is 42.5 Å². The number of esters is 2. The Kier molecular flexibility index (Phi) is 16.0. The monoisotopic (exact) mass is 803 g/mol. The topological polar surface area (TPSA) is 147 Å². The minimum absolute atomic E-state index is 0.0958. The molecule has 316 valence electrons. The molecule has 1 aromatic rings. The van der Waals surface area contributed by atoms with Gasteiger partial charge in [0.25, 0.3) is 0 Å². The molecule has 2 aliphatic heterocycles. The number of ether oxygens (including phenoxy) is 5. The number of hydrogen-bond acceptors (Lipinski definition) is 12. The Labute approximate surface area is 336 Å². The van der Waals surface area contributed by atoms with Gasteiger partial charge in [-0.3, -0.25) is 14.4 Å². The summed E-state index contributed by atoms with van der Waals surface area (Å²) in [4.78, 5) is 58.0. The summed E-state index contributed by atoms with van der Waals surface area (Å²) in [7, 11) is 2.85. The van der Waals surface area contributed by atoms with Gasteiger partial charge in [0.05, 0.1) is 36.0 Å². The largest absolute Gasteiger partial charge is 0.458 e. The van der Waals surface area contributed by atoms with E-state index in [1.54, 1.807) is 65.0 Å². The molecular formula is C43H69NO11Si. The van der Waals surface area contributed by atoms with Gasteiger partial charge in [0, 0.05) is 18.9 Å². The molecule has 0 amide bonds. The summed E-state index contributed by atoms with van der Waals surface area (Å²) in [6, 6.07) is 8.31. The number of likely N-dealkylation sites (N-methyl/N-ethyl adjacent to an activating group) is 1. The van der Waals surface area contributed by atoms with E-state index in [9.17, 15) is 24.3 Å². The lowest BCUT2D eigenvalue weighted by atomic mass is 9.77. The van der Waals surface area contributed by atoms with Crippen molar-refractivity contribution in [1.29, 1.82) is 0 Å². The lowest BCUT2D eigenvalue weighted by Crippen LogP contribution is -2.60. The third-order valence-electron chi connectivity index (χ3n) is 12.2. The molecule has 3 rings (SSSR count). The third kappa shape index (κ3) is 11.0. The molecule has 1 aromatic carbocycles. The maximum atomic E-state index is 14.5. The summed E-state index contributed by atoms with van der Waals surface area (Å²) < 4.78 is 38.0. The Morgan fingerprint density at radius 1 is 1.05 bits per heavy atom. The molecule has 1 N–H and O–H groups in total. The Balaban J connectivity index is 2.14. The first kappa shape index (κ1) is 47.6. The minimum Gasteiger partial charge on any atom is -0.458 e. The Morgan fingerprint density at radius 2 is 1.66 bits per heavy atom. The van der Waals surface area contributed by atoms with Crippen molar-refractivity contribution in [2.45, 2.75) is 155 Å². The Morgan fingerprint density at radius 3 is 2.20 bits per heavy atom. The molecule has 0 bridgehead atoms. The number of aliphatic hydroxyl groups is 1. The first-order chi connectivity index (χ1) is 25.8. The van der Waals surface area contributed by atoms with E-state index in [0.717, 1.165) is 0 Å². The van der Waals surface area contributed by atoms with E-state index in [-0.39, 0.29) is 48.0 Å². The summed E-state index contributed by atoms with van der Waals surface area (Å²) in [5.74, 6) is -5.10. The molecule has 1 saturated heterocycles. The van der Waals surface area contributed by atoms with Crippen LogP contribution in [-0.4, -0.2) is 118 Å². The van der Waals surface area contributed by atoms with Crippen molar-refractivity contribution in [2.75, 3.05) is 27.8 Å². The van der Waals surface area contributed by atoms with Crippen LogP contribution in [0.15, 0.2) is 42.0 Å². The molecule has 0 saturated carbocycles. The van der Waals surface area contributed by atoms with Crippen molar-refractivity contribution in [3.63, 3.8) is 0 Å². The van der Waals surface area contributed by atoms with Crippen LogP contribution in [0, 0.1) is 17.8 Å². The third-order valence-corrected chi connectivity index (χ3v) is 16.7. The predicted molar refractivity (Wildman–Crippen MR) is 217 cm³/mol. The van der Waals surface area contributed by atoms with Crippen LogP contribution in [0.4, 0.5) is 0 Å². The number of benzene rings is 1. The summed E-state index contributed by atoms with van der Waals surface area (Å²) in [6.45, 7) is 22.1. The molecule has 2 heterocycles. The van der Waals surface area contributed by atoms with Gasteiger partial charge in [-0.25, -0.2) is 4.79 Å². The number of ketones is 2. The van der Waals surface area contributed by atoms with Crippen LogP contribution in [0.1, 0.15) is 98.9 Å². The van der Waals surface area contributed by atoms with Gasteiger partial charge in [0.1, 0.15) is 17.6 Å². The van der Waals surface area contributed by atoms with Crippen molar-refractivity contribution in [3.8, 4) is 0 Å². The van der Waals surface area contributed by atoms with Gasteiger partial charge in [-0.2, -0.15) is 0 Å². The average molecular weight is 804 g/mol. The molecule has 2 aliphatic rings. The fraction of sp³-hybridized carbons (Fsp3) is 0.721. The standard InChI is InChI=1S/C43H69NO11Si/c1-16-33-43(49,25-51-56(14,15)41(7,8)9)24-27(3)34(45)26(2)23-42(10,50-13)37(29(5)35(46)30(6)38(47)53-33)55-40-36(32(44(11)12)22-28(4)52-40)54-39(48)31-20-18-17-19-21-31/h17-21,24,26,28-30,32-33,36-37,40,49H,16,22-23,25H2,1-15H3/b27-24+/t26-,28-,29+,30-,32+,33-,36-,37-,40?,42+,43-/m1/s1. The molecular weight excluding hydrogens is 735 g/mol. The van der Waals surface area contributed by atoms with E-state index in [0.29, 0.717) is 12.0 Å². The fourth-order valence-electron chi connectivity index (χ4n) is 7.50. The molecule has 11 atom stereocenters. The fourth-order valence-corrected chi connectivity index (χ4v) is 8.52. The predicted octanol–water partition coefficient (Wildman–Crippen LogP) is 6.54. The Hall–Kier alpha value is -2.78. The zero-order valence-electron chi connectivity index (χ0n) is 36.5. The number of nitrogens with zero attached hydrogens (tertiary/aromatic N) is 1. The van der Waals surface area contributed by atoms with Gasteiger partial charge in [-0.05, 0) is 103 Å². The number of methoxy groups -OCH3 is 1. The van der Waals surface area contributed by atoms with Crippen molar-refractivity contribution < 1.29 is 52.4 Å². The first-order valence-corrected chi connectivity index (χ1v) is 22.9. The van der Waals surface area contributed by atoms with Crippen LogP contribution in [0.2, 0.25) is 18.1 Å². The molecule has 56 heavy (non-hydrogen) atoms. The van der Waals surface area contributed by atoms with E-state index >= 15 is 0 Å². The quantitative estimate of drug-likeness (QED) is 0.156. The van der Waals surface area contributed by atoms with Gasteiger partial charge in [-0.1, -0.05) is 59.7 Å². The summed E-state index contributed by atoms with van der Waals surface area (Å²) in [5.41, 5.74) is -2.54. The highest BCUT2D eigenvalue weighted by molar-refractivity contribution is 6.74. The normalized spacial score (nSPS) is 35.3. The highest BCUT2D eigenvalue weighted by Crippen LogP contribution is 2.40. The van der Waals surface area contributed by atoms with E-state index in [2.05, 4.69) is 33.9 Å². The number of cyclic esters (lactones) is 1. The maximum Gasteiger partial charge on any atom is 0.338 e. The second-order valence-corrected chi connectivity index (χ2v) is 22.8. The number of hydrogen-bond donors (Lipinski definition) is 1. The number of carbonyl (C=O) groups is 4. The van der Waals surface area contributed by atoms with Gasteiger partial charge in [0.15, 0.2) is 32.3 Å². The Bertz CT molecular complexity index is 1560. The zero-order chi connectivity index (χ0) is 42.6. The van der Waals surface area contributed by atoms with Crippen LogP contribution >= 0.6 is 0 Å². The minimum atomic E-state index is -2.40. The summed E-state index contributed by atoms with van der Waals surface area (Å²) in [5, 5.41) is 12.1. The highest BCUT2D eigenvalue weighted by Gasteiger charge is 2.51. The van der Waals surface area contributed by atoms with Crippen molar-refractivity contribution in [2.24, 2.45) is 17.8 Å². The van der Waals surface area contributed by atoms with E-state index in [1.165, 1.54) is 20.1 Å². The number of allylic oxidation sites excluding steroid dienone is 1. The first-order valence-electron chi connectivity index (χ1n) is 19.9. The van der Waals surface area contributed by atoms with Gasteiger partial charge >= 0.3 is 11.9 Å². The molecule has 0 radical (unpaired) electrons. The smallest absolute Gasteiger partial charge is 0.338 e. The zero-order valence-corrected chi connectivity index (χ0v) is 37.5. The molecule has 0 spiro atoms. The summed E-state index contributed by atoms with van der Waals surface area (Å²) in [6.07, 6.45) is -2.34. The van der Waals surface area contributed by atoms with Gasteiger partial charge in [0.2, 0.25) is 0 Å². The van der Waals surface area contributed by atoms with Crippen molar-refractivity contribution >= 4 is 31.8 Å². The second kappa shape index (κ2) is 18.9. The van der Waals surface area contributed by atoms with Gasteiger partial charge in [-0.15, -0.1) is 0 Å². The molecule has 1 fully saturated rings. The molecule has 12 nitrogen and oxygen atoms in total. The van der Waals surface area contributed by atoms with Crippen LogP contribution in [0.25, 0.3) is 0 Å². The molecule has 0 aliphatic carbocycles. The molecule has 1 unspecified atom stereocenters. The van der Waals surface area contributed by atoms with Gasteiger partial charge < -0.3 is 38.1 Å². The van der Waals surface area contributed by atoms with Crippen LogP contribution < -0.4 is 0 Å². The maximum absolute atomic E-state index is 14.5. The molecule has 0 aromatic heterocycles.